The fourth-order valence-electron chi connectivity index (χ4n) is 1.28. The smallest absolute Gasteiger partial charge is 0.550 e. The first-order chi connectivity index (χ1) is 11.6. The Balaban J connectivity index is -0.000000411. The number of hydrogen-bond donors (Lipinski definition) is 0. The standard InChI is InChI=1S/2C8H16O4Si.Mg/c2*1-13(2,3)5-4-12-8(11)6-7(9)10;/h2*4-6H2,1-3H3,(H,9,10);/q;;+2/p-2. The molecule has 0 spiro atoms. The van der Waals surface area contributed by atoms with Gasteiger partial charge in [-0.2, -0.15) is 0 Å². The third-order valence-electron chi connectivity index (χ3n) is 2.81. The molecule has 11 heteroatoms. The summed E-state index contributed by atoms with van der Waals surface area (Å²) >= 11 is 0. The second kappa shape index (κ2) is 15.1. The molecule has 0 aromatic heterocycles. The number of carboxylic acid groups (broad SMARTS) is 2. The van der Waals surface area contributed by atoms with Crippen LogP contribution < -0.4 is 10.2 Å². The molecule has 0 saturated carbocycles. The summed E-state index contributed by atoms with van der Waals surface area (Å²) in [5.41, 5.74) is 0. The van der Waals surface area contributed by atoms with Crippen molar-refractivity contribution in [2.24, 2.45) is 0 Å². The van der Waals surface area contributed by atoms with E-state index in [-0.39, 0.29) is 23.1 Å². The van der Waals surface area contributed by atoms with E-state index in [2.05, 4.69) is 39.3 Å². The fourth-order valence-corrected chi connectivity index (χ4v) is 2.71. The predicted octanol–water partition coefficient (Wildman–Crippen LogP) is -0.365. The van der Waals surface area contributed by atoms with Crippen molar-refractivity contribution in [1.82, 2.24) is 0 Å². The average Bonchev–Trinajstić information content (AvgIpc) is 2.33. The summed E-state index contributed by atoms with van der Waals surface area (Å²) in [4.78, 5) is 41.4. The topological polar surface area (TPSA) is 133 Å². The molecule has 0 amide bonds. The molecule has 0 heterocycles. The Morgan fingerprint density at radius 3 is 1.11 bits per heavy atom. The van der Waals surface area contributed by atoms with Crippen LogP contribution in [0.4, 0.5) is 0 Å². The number of carboxylic acids is 2. The summed E-state index contributed by atoms with van der Waals surface area (Å²) in [6.45, 7) is 13.6. The maximum Gasteiger partial charge on any atom is 2.00 e. The molecule has 0 aliphatic carbocycles. The molecule has 0 saturated heterocycles. The van der Waals surface area contributed by atoms with Crippen molar-refractivity contribution in [1.29, 1.82) is 0 Å². The van der Waals surface area contributed by atoms with Gasteiger partial charge in [0.2, 0.25) is 0 Å². The van der Waals surface area contributed by atoms with Crippen molar-refractivity contribution in [3.05, 3.63) is 0 Å². The van der Waals surface area contributed by atoms with Gasteiger partial charge in [0.05, 0.1) is 38.0 Å². The largest absolute Gasteiger partial charge is 2.00 e. The van der Waals surface area contributed by atoms with Crippen molar-refractivity contribution >= 4 is 63.1 Å². The van der Waals surface area contributed by atoms with E-state index in [1.165, 1.54) is 0 Å². The number of aliphatic carboxylic acids is 2. The second-order valence-electron chi connectivity index (χ2n) is 8.16. The molecule has 27 heavy (non-hydrogen) atoms. The Hall–Kier alpha value is -0.920. The Kier molecular flexibility index (Phi) is 17.2. The molecule has 0 aliphatic heterocycles. The van der Waals surface area contributed by atoms with Crippen LogP contribution in [0.15, 0.2) is 0 Å². The molecule has 0 N–H and O–H groups in total. The minimum absolute atomic E-state index is 0. The van der Waals surface area contributed by atoms with Gasteiger partial charge in [0.25, 0.3) is 0 Å². The summed E-state index contributed by atoms with van der Waals surface area (Å²) < 4.78 is 9.41. The van der Waals surface area contributed by atoms with Gasteiger partial charge in [-0.1, -0.05) is 39.3 Å². The molecule has 0 fully saturated rings. The van der Waals surface area contributed by atoms with Crippen LogP contribution in [0, 0.1) is 0 Å². The van der Waals surface area contributed by atoms with Crippen molar-refractivity contribution in [2.45, 2.75) is 64.2 Å². The van der Waals surface area contributed by atoms with Gasteiger partial charge in [-0.15, -0.1) is 0 Å². The molecule has 0 radical (unpaired) electrons. The Bertz CT molecular complexity index is 440. The molecule has 152 valence electrons. The van der Waals surface area contributed by atoms with Crippen LogP contribution in [0.25, 0.3) is 0 Å². The Labute approximate surface area is 179 Å². The molecule has 0 bridgehead atoms. The number of ether oxygens (including phenoxy) is 2. The summed E-state index contributed by atoms with van der Waals surface area (Å²) in [5.74, 6) is -4.20. The normalized spacial score (nSPS) is 10.6. The minimum atomic E-state index is -1.39. The minimum Gasteiger partial charge on any atom is -0.550 e. The van der Waals surface area contributed by atoms with Crippen LogP contribution in [0.1, 0.15) is 12.8 Å². The first-order valence-electron chi connectivity index (χ1n) is 8.33. The van der Waals surface area contributed by atoms with Crippen molar-refractivity contribution < 1.29 is 38.9 Å². The first-order valence-corrected chi connectivity index (χ1v) is 15.7. The summed E-state index contributed by atoms with van der Waals surface area (Å²) in [6.07, 6.45) is -1.29. The maximum absolute atomic E-state index is 10.7. The van der Waals surface area contributed by atoms with E-state index >= 15 is 0 Å². The monoisotopic (exact) mass is 430 g/mol. The number of rotatable bonds is 10. The number of carbonyl (C=O) groups is 4. The quantitative estimate of drug-likeness (QED) is 0.260. The van der Waals surface area contributed by atoms with Crippen molar-refractivity contribution in [3.63, 3.8) is 0 Å². The molecule has 0 aliphatic rings. The van der Waals surface area contributed by atoms with Crippen LogP contribution in [0.3, 0.4) is 0 Å². The fraction of sp³-hybridized carbons (Fsp3) is 0.750. The molecule has 0 unspecified atom stereocenters. The zero-order valence-electron chi connectivity index (χ0n) is 17.2. The SMILES string of the molecule is C[Si](C)(C)CCOC(=O)CC(=O)[O-].C[Si](C)(C)CCOC(=O)CC(=O)[O-].[Mg+2]. The van der Waals surface area contributed by atoms with Gasteiger partial charge in [0.15, 0.2) is 0 Å². The van der Waals surface area contributed by atoms with Gasteiger partial charge in [0, 0.05) is 16.1 Å². The third-order valence-corrected chi connectivity index (χ3v) is 6.22. The number of hydrogen-bond acceptors (Lipinski definition) is 8. The Morgan fingerprint density at radius 1 is 0.667 bits per heavy atom. The van der Waals surface area contributed by atoms with Crippen LogP contribution >= 0.6 is 0 Å². The summed E-state index contributed by atoms with van der Waals surface area (Å²) in [6, 6.07) is 1.71. The van der Waals surface area contributed by atoms with Crippen molar-refractivity contribution in [2.75, 3.05) is 13.2 Å². The molecule has 0 aromatic rings. The van der Waals surface area contributed by atoms with Gasteiger partial charge in [-0.25, -0.2) is 0 Å². The van der Waals surface area contributed by atoms with Crippen LogP contribution in [0.2, 0.25) is 51.4 Å². The van der Waals surface area contributed by atoms with E-state index in [1.807, 2.05) is 0 Å². The van der Waals surface area contributed by atoms with Crippen LogP contribution in [-0.4, -0.2) is 76.3 Å². The van der Waals surface area contributed by atoms with E-state index in [9.17, 15) is 29.4 Å². The van der Waals surface area contributed by atoms with E-state index in [0.717, 1.165) is 12.1 Å². The predicted molar refractivity (Wildman–Crippen MR) is 103 cm³/mol. The zero-order chi connectivity index (χ0) is 21.0. The van der Waals surface area contributed by atoms with Gasteiger partial charge >= 0.3 is 35.0 Å². The van der Waals surface area contributed by atoms with Crippen LogP contribution in [0.5, 0.6) is 0 Å². The van der Waals surface area contributed by atoms with E-state index in [0.29, 0.717) is 13.2 Å². The average molecular weight is 431 g/mol. The summed E-state index contributed by atoms with van der Waals surface area (Å²) in [7, 11) is -2.41. The van der Waals surface area contributed by atoms with E-state index in [4.69, 9.17) is 9.47 Å². The first kappa shape index (κ1) is 30.8. The van der Waals surface area contributed by atoms with Gasteiger partial charge in [-0.3, -0.25) is 9.59 Å². The van der Waals surface area contributed by atoms with Gasteiger partial charge < -0.3 is 29.3 Å². The molecular formula is C16H30MgO8Si2. The second-order valence-corrected chi connectivity index (χ2v) is 19.4. The van der Waals surface area contributed by atoms with Gasteiger partial charge in [0.1, 0.15) is 0 Å². The zero-order valence-corrected chi connectivity index (χ0v) is 20.6. The third kappa shape index (κ3) is 30.1. The van der Waals surface area contributed by atoms with Gasteiger partial charge in [-0.05, 0) is 12.1 Å². The van der Waals surface area contributed by atoms with E-state index in [1.54, 1.807) is 0 Å². The van der Waals surface area contributed by atoms with E-state index < -0.39 is 52.9 Å². The maximum atomic E-state index is 10.7. The molecule has 8 nitrogen and oxygen atoms in total. The van der Waals surface area contributed by atoms with Crippen LogP contribution in [-0.2, 0) is 28.7 Å². The van der Waals surface area contributed by atoms with Crippen molar-refractivity contribution in [3.8, 4) is 0 Å². The summed E-state index contributed by atoms with van der Waals surface area (Å²) in [5, 5.41) is 19.9. The Morgan fingerprint density at radius 2 is 0.926 bits per heavy atom. The molecule has 0 atom stereocenters. The number of esters is 2. The molecular weight excluding hydrogens is 401 g/mol. The number of carbonyl (C=O) groups excluding carboxylic acids is 4. The molecule has 0 rings (SSSR count). The molecule has 0 aromatic carbocycles.